The number of hydrogen-bond acceptors (Lipinski definition) is 5. The highest BCUT2D eigenvalue weighted by Crippen LogP contribution is 2.19. The number of benzene rings is 2. The Morgan fingerprint density at radius 1 is 1.19 bits per heavy atom. The zero-order valence-electron chi connectivity index (χ0n) is 14.1. The van der Waals surface area contributed by atoms with Crippen molar-refractivity contribution in [2.45, 2.75) is 0 Å². The Hall–Kier alpha value is -3.32. The summed E-state index contributed by atoms with van der Waals surface area (Å²) in [5.74, 6) is 0.723. The molecule has 0 aliphatic rings. The van der Waals surface area contributed by atoms with Gasteiger partial charge in [0.25, 0.3) is 5.56 Å². The van der Waals surface area contributed by atoms with E-state index in [1.807, 2.05) is 24.3 Å². The van der Waals surface area contributed by atoms with E-state index in [0.717, 1.165) is 5.56 Å². The summed E-state index contributed by atoms with van der Waals surface area (Å²) in [5, 5.41) is 4.26. The van der Waals surface area contributed by atoms with Gasteiger partial charge in [-0.3, -0.25) is 4.79 Å². The first-order chi connectivity index (χ1) is 13.2. The van der Waals surface area contributed by atoms with Gasteiger partial charge in [0, 0.05) is 11.1 Å². The van der Waals surface area contributed by atoms with Crippen LogP contribution in [0.3, 0.4) is 0 Å². The molecule has 134 valence electrons. The van der Waals surface area contributed by atoms with Gasteiger partial charge in [0.1, 0.15) is 18.2 Å². The SMILES string of the molecule is C=CCOc1ccccc1C=c1sc2nc(-c3ccc(F)cc3)nn2c1=O. The van der Waals surface area contributed by atoms with Gasteiger partial charge in [-0.25, -0.2) is 4.39 Å². The topological polar surface area (TPSA) is 56.5 Å². The van der Waals surface area contributed by atoms with E-state index in [9.17, 15) is 9.18 Å². The Morgan fingerprint density at radius 3 is 2.70 bits per heavy atom. The molecule has 0 spiro atoms. The van der Waals surface area contributed by atoms with E-state index in [1.54, 1.807) is 24.3 Å². The quantitative estimate of drug-likeness (QED) is 0.500. The molecule has 7 heteroatoms. The Bertz CT molecular complexity index is 1230. The van der Waals surface area contributed by atoms with Crippen LogP contribution in [0.15, 0.2) is 66.0 Å². The molecule has 0 saturated carbocycles. The molecular formula is C20H14FN3O2S. The van der Waals surface area contributed by atoms with E-state index < -0.39 is 0 Å². The summed E-state index contributed by atoms with van der Waals surface area (Å²) in [6.45, 7) is 4.02. The molecule has 0 atom stereocenters. The lowest BCUT2D eigenvalue weighted by Gasteiger charge is -2.05. The molecule has 27 heavy (non-hydrogen) atoms. The fourth-order valence-corrected chi connectivity index (χ4v) is 3.47. The predicted molar refractivity (Wildman–Crippen MR) is 103 cm³/mol. The highest BCUT2D eigenvalue weighted by molar-refractivity contribution is 7.15. The lowest BCUT2D eigenvalue weighted by atomic mass is 10.2. The highest BCUT2D eigenvalue weighted by atomic mass is 32.1. The highest BCUT2D eigenvalue weighted by Gasteiger charge is 2.12. The van der Waals surface area contributed by atoms with Crippen LogP contribution in [0.1, 0.15) is 5.56 Å². The second-order valence-corrected chi connectivity index (χ2v) is 6.70. The van der Waals surface area contributed by atoms with Crippen molar-refractivity contribution in [3.8, 4) is 17.1 Å². The first-order valence-corrected chi connectivity index (χ1v) is 8.97. The van der Waals surface area contributed by atoms with Gasteiger partial charge in [-0.15, -0.1) is 5.10 Å². The van der Waals surface area contributed by atoms with E-state index in [1.165, 1.54) is 28.0 Å². The number of aromatic nitrogens is 3. The Morgan fingerprint density at radius 2 is 1.96 bits per heavy atom. The summed E-state index contributed by atoms with van der Waals surface area (Å²) in [5.41, 5.74) is 1.19. The van der Waals surface area contributed by atoms with Gasteiger partial charge in [0.05, 0.1) is 4.53 Å². The lowest BCUT2D eigenvalue weighted by molar-refractivity contribution is 0.362. The number of para-hydroxylation sites is 1. The largest absolute Gasteiger partial charge is 0.489 e. The molecule has 0 N–H and O–H groups in total. The van der Waals surface area contributed by atoms with Gasteiger partial charge in [-0.1, -0.05) is 42.2 Å². The minimum atomic E-state index is -0.335. The van der Waals surface area contributed by atoms with Crippen LogP contribution < -0.4 is 14.8 Å². The molecule has 4 aromatic rings. The standard InChI is InChI=1S/C20H14FN3O2S/c1-2-11-26-16-6-4-3-5-14(16)12-17-19(25)24-20(27-17)22-18(23-24)13-7-9-15(21)10-8-13/h2-10,12H,1,11H2. The van der Waals surface area contributed by atoms with Gasteiger partial charge in [0.15, 0.2) is 5.82 Å². The van der Waals surface area contributed by atoms with Crippen molar-refractivity contribution in [3.05, 3.63) is 87.5 Å². The number of ether oxygens (including phenoxy) is 1. The fourth-order valence-electron chi connectivity index (χ4n) is 2.58. The van der Waals surface area contributed by atoms with Crippen LogP contribution in [0.2, 0.25) is 0 Å². The van der Waals surface area contributed by atoms with Crippen LogP contribution in [0.25, 0.3) is 22.4 Å². The molecule has 2 heterocycles. The molecular weight excluding hydrogens is 365 g/mol. The van der Waals surface area contributed by atoms with E-state index in [4.69, 9.17) is 4.74 Å². The zero-order valence-corrected chi connectivity index (χ0v) is 14.9. The molecule has 4 rings (SSSR count). The van der Waals surface area contributed by atoms with E-state index in [-0.39, 0.29) is 11.4 Å². The molecule has 0 saturated heterocycles. The smallest absolute Gasteiger partial charge is 0.291 e. The number of thiazole rings is 1. The maximum atomic E-state index is 13.1. The van der Waals surface area contributed by atoms with Gasteiger partial charge in [0.2, 0.25) is 4.96 Å². The van der Waals surface area contributed by atoms with Crippen molar-refractivity contribution in [2.75, 3.05) is 6.61 Å². The van der Waals surface area contributed by atoms with Crippen molar-refractivity contribution in [2.24, 2.45) is 0 Å². The normalized spacial score (nSPS) is 11.8. The number of hydrogen-bond donors (Lipinski definition) is 0. The number of rotatable bonds is 5. The first kappa shape index (κ1) is 17.1. The van der Waals surface area contributed by atoms with Crippen LogP contribution in [0, 0.1) is 5.82 Å². The van der Waals surface area contributed by atoms with Crippen LogP contribution >= 0.6 is 11.3 Å². The summed E-state index contributed by atoms with van der Waals surface area (Å²) < 4.78 is 20.5. The van der Waals surface area contributed by atoms with Crippen molar-refractivity contribution in [1.82, 2.24) is 14.6 Å². The molecule has 0 unspecified atom stereocenters. The summed E-state index contributed by atoms with van der Waals surface area (Å²) >= 11 is 1.24. The van der Waals surface area contributed by atoms with Crippen LogP contribution in [0.4, 0.5) is 4.39 Å². The number of fused-ring (bicyclic) bond motifs is 1. The molecule has 2 aromatic heterocycles. The van der Waals surface area contributed by atoms with Gasteiger partial charge < -0.3 is 4.74 Å². The van der Waals surface area contributed by atoms with E-state index in [0.29, 0.717) is 33.2 Å². The summed E-state index contributed by atoms with van der Waals surface area (Å²) in [6.07, 6.45) is 3.43. The zero-order chi connectivity index (χ0) is 18.8. The minimum absolute atomic E-state index is 0.255. The maximum absolute atomic E-state index is 13.1. The van der Waals surface area contributed by atoms with Crippen molar-refractivity contribution in [1.29, 1.82) is 0 Å². The molecule has 5 nitrogen and oxygen atoms in total. The summed E-state index contributed by atoms with van der Waals surface area (Å²) in [4.78, 5) is 17.6. The predicted octanol–water partition coefficient (Wildman–Crippen LogP) is 3.07. The maximum Gasteiger partial charge on any atom is 0.291 e. The summed E-state index contributed by atoms with van der Waals surface area (Å²) in [7, 11) is 0. The van der Waals surface area contributed by atoms with Crippen molar-refractivity contribution < 1.29 is 9.13 Å². The van der Waals surface area contributed by atoms with Crippen molar-refractivity contribution >= 4 is 22.4 Å². The number of nitrogens with zero attached hydrogens (tertiary/aromatic N) is 3. The summed E-state index contributed by atoms with van der Waals surface area (Å²) in [6, 6.07) is 13.3. The van der Waals surface area contributed by atoms with Gasteiger partial charge >= 0.3 is 0 Å². The fraction of sp³-hybridized carbons (Fsp3) is 0.0500. The van der Waals surface area contributed by atoms with Gasteiger partial charge in [-0.05, 0) is 36.4 Å². The number of halogens is 1. The van der Waals surface area contributed by atoms with E-state index in [2.05, 4.69) is 16.7 Å². The molecule has 0 fully saturated rings. The second kappa shape index (κ2) is 7.13. The van der Waals surface area contributed by atoms with Crippen molar-refractivity contribution in [3.63, 3.8) is 0 Å². The second-order valence-electron chi connectivity index (χ2n) is 5.69. The third-order valence-corrected chi connectivity index (χ3v) is 4.81. The third kappa shape index (κ3) is 3.37. The average Bonchev–Trinajstić information content (AvgIpc) is 3.21. The minimum Gasteiger partial charge on any atom is -0.489 e. The van der Waals surface area contributed by atoms with Crippen LogP contribution in [-0.4, -0.2) is 21.2 Å². The monoisotopic (exact) mass is 379 g/mol. The molecule has 0 aliphatic heterocycles. The Balaban J connectivity index is 1.76. The Labute approximate surface area is 157 Å². The Kier molecular flexibility index (Phi) is 4.52. The van der Waals surface area contributed by atoms with Gasteiger partial charge in [-0.2, -0.15) is 9.50 Å². The first-order valence-electron chi connectivity index (χ1n) is 8.15. The van der Waals surface area contributed by atoms with Crippen LogP contribution in [-0.2, 0) is 0 Å². The van der Waals surface area contributed by atoms with Crippen LogP contribution in [0.5, 0.6) is 5.75 Å². The average molecular weight is 379 g/mol. The van der Waals surface area contributed by atoms with E-state index >= 15 is 0 Å². The lowest BCUT2D eigenvalue weighted by Crippen LogP contribution is -2.23. The molecule has 0 amide bonds. The third-order valence-electron chi connectivity index (χ3n) is 3.85. The molecule has 0 radical (unpaired) electrons. The molecule has 0 bridgehead atoms. The molecule has 2 aromatic carbocycles. The molecule has 0 aliphatic carbocycles.